The maximum Gasteiger partial charge on any atom is 0.129 e. The van der Waals surface area contributed by atoms with Crippen molar-refractivity contribution in [3.05, 3.63) is 35.6 Å². The largest absolute Gasteiger partial charge is 0.387 e. The molecule has 0 spiro atoms. The molecule has 0 saturated carbocycles. The zero-order valence-corrected chi connectivity index (χ0v) is 12.8. The van der Waals surface area contributed by atoms with E-state index in [1.54, 1.807) is 25.3 Å². The van der Waals surface area contributed by atoms with Crippen molar-refractivity contribution in [2.45, 2.75) is 19.1 Å². The van der Waals surface area contributed by atoms with Crippen molar-refractivity contribution in [2.24, 2.45) is 0 Å². The Kier molecular flexibility index (Phi) is 6.11. The van der Waals surface area contributed by atoms with Gasteiger partial charge in [-0.2, -0.15) is 0 Å². The average Bonchev–Trinajstić information content (AvgIpc) is 2.47. The van der Waals surface area contributed by atoms with E-state index in [-0.39, 0.29) is 5.82 Å². The average molecular weight is 296 g/mol. The zero-order chi connectivity index (χ0) is 15.2. The molecule has 1 aromatic rings. The molecule has 5 heteroatoms. The van der Waals surface area contributed by atoms with Crippen LogP contribution in [-0.4, -0.2) is 67.4 Å². The number of rotatable bonds is 6. The van der Waals surface area contributed by atoms with E-state index in [1.165, 1.54) is 6.07 Å². The third kappa shape index (κ3) is 4.48. The highest BCUT2D eigenvalue weighted by molar-refractivity contribution is 5.20. The highest BCUT2D eigenvalue weighted by atomic mass is 19.1. The molecule has 0 aliphatic carbocycles. The van der Waals surface area contributed by atoms with Crippen molar-refractivity contribution in [2.75, 3.05) is 46.4 Å². The molecule has 21 heavy (non-hydrogen) atoms. The second kappa shape index (κ2) is 7.84. The predicted octanol–water partition coefficient (Wildman–Crippen LogP) is 1.51. The van der Waals surface area contributed by atoms with Crippen LogP contribution in [-0.2, 0) is 4.74 Å². The number of benzene rings is 1. The number of ether oxygens (including phenoxy) is 1. The molecule has 1 aromatic carbocycles. The van der Waals surface area contributed by atoms with E-state index >= 15 is 0 Å². The molecule has 2 rings (SSSR count). The van der Waals surface area contributed by atoms with Gasteiger partial charge in [-0.1, -0.05) is 18.2 Å². The molecule has 0 bridgehead atoms. The normalized spacial score (nSPS) is 22.4. The number of halogens is 1. The first-order valence-electron chi connectivity index (χ1n) is 7.49. The Morgan fingerprint density at radius 2 is 2.14 bits per heavy atom. The molecule has 4 nitrogen and oxygen atoms in total. The van der Waals surface area contributed by atoms with Gasteiger partial charge in [0.05, 0.1) is 12.7 Å². The second-order valence-corrected chi connectivity index (χ2v) is 5.67. The predicted molar refractivity (Wildman–Crippen MR) is 80.7 cm³/mol. The summed E-state index contributed by atoms with van der Waals surface area (Å²) in [6, 6.07) is 6.86. The van der Waals surface area contributed by atoms with Crippen LogP contribution < -0.4 is 0 Å². The quantitative estimate of drug-likeness (QED) is 0.863. The van der Waals surface area contributed by atoms with E-state index in [2.05, 4.69) is 16.7 Å². The summed E-state index contributed by atoms with van der Waals surface area (Å²) in [7, 11) is 1.71. The van der Waals surface area contributed by atoms with Crippen LogP contribution in [0.4, 0.5) is 4.39 Å². The van der Waals surface area contributed by atoms with Crippen molar-refractivity contribution >= 4 is 0 Å². The highest BCUT2D eigenvalue weighted by Gasteiger charge is 2.25. The summed E-state index contributed by atoms with van der Waals surface area (Å²) in [5.74, 6) is -0.336. The fraction of sp³-hybridized carbons (Fsp3) is 0.625. The van der Waals surface area contributed by atoms with Gasteiger partial charge < -0.3 is 9.84 Å². The van der Waals surface area contributed by atoms with Crippen LogP contribution >= 0.6 is 0 Å². The van der Waals surface area contributed by atoms with E-state index in [9.17, 15) is 9.50 Å². The number of β-amino-alcohol motifs (C(OH)–C–C–N with tert-alkyl or cyclic N) is 1. The number of hydrogen-bond donors (Lipinski definition) is 1. The summed E-state index contributed by atoms with van der Waals surface area (Å²) < 4.78 is 18.8. The van der Waals surface area contributed by atoms with Crippen molar-refractivity contribution in [1.82, 2.24) is 9.80 Å². The standard InChI is InChI=1S/C16H25FN2O2/c1-13-11-18(7-8-19(13)9-10-21-2)12-16(20)14-5-3-4-6-15(14)17/h3-6,13,16,20H,7-12H2,1-2H3/t13-,16-/m1/s1. The number of methoxy groups -OCH3 is 1. The van der Waals surface area contributed by atoms with E-state index in [4.69, 9.17) is 4.74 Å². The van der Waals surface area contributed by atoms with Gasteiger partial charge in [-0.05, 0) is 13.0 Å². The van der Waals surface area contributed by atoms with Gasteiger partial charge in [0.25, 0.3) is 0 Å². The molecule has 0 amide bonds. The van der Waals surface area contributed by atoms with Gasteiger partial charge in [0.1, 0.15) is 5.82 Å². The zero-order valence-electron chi connectivity index (χ0n) is 12.8. The lowest BCUT2D eigenvalue weighted by molar-refractivity contribution is 0.0323. The minimum absolute atomic E-state index is 0.336. The topological polar surface area (TPSA) is 35.9 Å². The summed E-state index contributed by atoms with van der Waals surface area (Å²) in [4.78, 5) is 4.58. The Labute approximate surface area is 126 Å². The molecule has 1 fully saturated rings. The maximum atomic E-state index is 13.7. The summed E-state index contributed by atoms with van der Waals surface area (Å²) in [6.07, 6.45) is -0.774. The first kappa shape index (κ1) is 16.4. The Morgan fingerprint density at radius 3 is 2.81 bits per heavy atom. The lowest BCUT2D eigenvalue weighted by atomic mass is 10.1. The minimum Gasteiger partial charge on any atom is -0.387 e. The smallest absolute Gasteiger partial charge is 0.129 e. The van der Waals surface area contributed by atoms with Crippen LogP contribution in [0.5, 0.6) is 0 Å². The van der Waals surface area contributed by atoms with Gasteiger partial charge in [0.2, 0.25) is 0 Å². The number of hydrogen-bond acceptors (Lipinski definition) is 4. The molecule has 1 aliphatic heterocycles. The van der Waals surface area contributed by atoms with E-state index in [0.717, 1.165) is 32.8 Å². The van der Waals surface area contributed by atoms with Crippen molar-refractivity contribution in [3.8, 4) is 0 Å². The summed E-state index contributed by atoms with van der Waals surface area (Å²) in [5, 5.41) is 10.2. The molecule has 0 aromatic heterocycles. The molecule has 1 saturated heterocycles. The van der Waals surface area contributed by atoms with E-state index < -0.39 is 6.10 Å². The molecule has 0 radical (unpaired) electrons. The first-order valence-corrected chi connectivity index (χ1v) is 7.49. The number of nitrogens with zero attached hydrogens (tertiary/aromatic N) is 2. The second-order valence-electron chi connectivity index (χ2n) is 5.67. The van der Waals surface area contributed by atoms with Gasteiger partial charge in [0.15, 0.2) is 0 Å². The fourth-order valence-electron chi connectivity index (χ4n) is 2.87. The highest BCUT2D eigenvalue weighted by Crippen LogP contribution is 2.19. The fourth-order valence-corrected chi connectivity index (χ4v) is 2.87. The Morgan fingerprint density at radius 1 is 1.38 bits per heavy atom. The number of piperazine rings is 1. The van der Waals surface area contributed by atoms with Gasteiger partial charge in [-0.3, -0.25) is 9.80 Å². The summed E-state index contributed by atoms with van der Waals surface area (Å²) >= 11 is 0. The van der Waals surface area contributed by atoms with Gasteiger partial charge >= 0.3 is 0 Å². The lowest BCUT2D eigenvalue weighted by Crippen LogP contribution is -2.53. The van der Waals surface area contributed by atoms with E-state index in [0.29, 0.717) is 18.2 Å². The van der Waals surface area contributed by atoms with Crippen LogP contribution in [0.3, 0.4) is 0 Å². The Balaban J connectivity index is 1.86. The van der Waals surface area contributed by atoms with Crippen molar-refractivity contribution in [3.63, 3.8) is 0 Å². The van der Waals surface area contributed by atoms with Crippen LogP contribution in [0.2, 0.25) is 0 Å². The van der Waals surface area contributed by atoms with E-state index in [1.807, 2.05) is 0 Å². The van der Waals surface area contributed by atoms with Gasteiger partial charge in [-0.25, -0.2) is 4.39 Å². The van der Waals surface area contributed by atoms with Crippen LogP contribution in [0, 0.1) is 5.82 Å². The summed E-state index contributed by atoms with van der Waals surface area (Å²) in [5.41, 5.74) is 0.381. The molecule has 0 unspecified atom stereocenters. The molecule has 2 atom stereocenters. The molecule has 1 N–H and O–H groups in total. The first-order chi connectivity index (χ1) is 10.1. The monoisotopic (exact) mass is 296 g/mol. The molecular formula is C16H25FN2O2. The molecule has 1 heterocycles. The lowest BCUT2D eigenvalue weighted by Gasteiger charge is -2.40. The third-order valence-corrected chi connectivity index (χ3v) is 4.13. The Hall–Kier alpha value is -1.01. The summed E-state index contributed by atoms with van der Waals surface area (Å²) in [6.45, 7) is 7.05. The van der Waals surface area contributed by atoms with Gasteiger partial charge in [-0.15, -0.1) is 0 Å². The minimum atomic E-state index is -0.774. The van der Waals surface area contributed by atoms with Crippen molar-refractivity contribution in [1.29, 1.82) is 0 Å². The van der Waals surface area contributed by atoms with Gasteiger partial charge in [0, 0.05) is 51.4 Å². The number of aliphatic hydroxyl groups excluding tert-OH is 1. The molecule has 1 aliphatic rings. The SMILES string of the molecule is COCCN1CCN(C[C@@H](O)c2ccccc2F)C[C@H]1C. The van der Waals surface area contributed by atoms with Crippen molar-refractivity contribution < 1.29 is 14.2 Å². The Bertz CT molecular complexity index is 444. The molecular weight excluding hydrogens is 271 g/mol. The van der Waals surface area contributed by atoms with Crippen LogP contribution in [0.1, 0.15) is 18.6 Å². The van der Waals surface area contributed by atoms with Crippen LogP contribution in [0.15, 0.2) is 24.3 Å². The molecule has 118 valence electrons. The third-order valence-electron chi connectivity index (χ3n) is 4.13. The maximum absolute atomic E-state index is 13.7. The van der Waals surface area contributed by atoms with Crippen LogP contribution in [0.25, 0.3) is 0 Å². The number of aliphatic hydroxyl groups is 1.